The molecule has 18 heavy (non-hydrogen) atoms. The van der Waals surface area contributed by atoms with E-state index in [0.29, 0.717) is 5.56 Å². The van der Waals surface area contributed by atoms with Crippen molar-refractivity contribution in [2.75, 3.05) is 20.6 Å². The fourth-order valence-corrected chi connectivity index (χ4v) is 1.61. The second-order valence-electron chi connectivity index (χ2n) is 4.42. The summed E-state index contributed by atoms with van der Waals surface area (Å²) in [5.74, 6) is -1.67. The summed E-state index contributed by atoms with van der Waals surface area (Å²) in [6.07, 6.45) is 3.48. The lowest BCUT2D eigenvalue weighted by Gasteiger charge is -2.08. The van der Waals surface area contributed by atoms with Crippen LogP contribution in [0.5, 0.6) is 0 Å². The second-order valence-corrected chi connectivity index (χ2v) is 4.42. The number of likely N-dealkylation sites (N-methyl/N-ethyl adjacent to an activating group) is 1. The van der Waals surface area contributed by atoms with E-state index in [2.05, 4.69) is 10.00 Å². The molecule has 0 N–H and O–H groups in total. The number of rotatable bonds is 4. The molecular weight excluding hydrogens is 236 g/mol. The Kier molecular flexibility index (Phi) is 3.72. The van der Waals surface area contributed by atoms with Crippen molar-refractivity contribution < 1.29 is 8.78 Å². The molecule has 0 aliphatic rings. The van der Waals surface area contributed by atoms with Crippen molar-refractivity contribution in [3.8, 4) is 11.1 Å². The Bertz CT molecular complexity index is 535. The number of benzene rings is 1. The molecule has 3 nitrogen and oxygen atoms in total. The van der Waals surface area contributed by atoms with E-state index in [1.807, 2.05) is 20.3 Å². The molecule has 0 aliphatic heterocycles. The van der Waals surface area contributed by atoms with Crippen LogP contribution in [0, 0.1) is 11.6 Å². The topological polar surface area (TPSA) is 21.1 Å². The number of aromatic nitrogens is 2. The Morgan fingerprint density at radius 2 is 1.94 bits per heavy atom. The maximum atomic E-state index is 13.1. The lowest BCUT2D eigenvalue weighted by molar-refractivity contribution is 0.373. The molecule has 2 aromatic rings. The molecule has 96 valence electrons. The third-order valence-corrected chi connectivity index (χ3v) is 2.66. The van der Waals surface area contributed by atoms with Crippen LogP contribution in [0.3, 0.4) is 0 Å². The van der Waals surface area contributed by atoms with E-state index < -0.39 is 11.6 Å². The normalized spacial score (nSPS) is 11.2. The minimum Gasteiger partial charge on any atom is -0.308 e. The van der Waals surface area contributed by atoms with E-state index in [0.717, 1.165) is 24.7 Å². The van der Waals surface area contributed by atoms with Crippen molar-refractivity contribution in [1.29, 1.82) is 0 Å². The summed E-state index contributed by atoms with van der Waals surface area (Å²) in [6, 6.07) is 3.86. The van der Waals surface area contributed by atoms with Crippen molar-refractivity contribution in [3.63, 3.8) is 0 Å². The molecule has 1 aromatic heterocycles. The van der Waals surface area contributed by atoms with Gasteiger partial charge in [-0.05, 0) is 31.8 Å². The molecule has 1 aromatic carbocycles. The summed E-state index contributed by atoms with van der Waals surface area (Å²) in [7, 11) is 3.97. The Morgan fingerprint density at radius 3 is 2.61 bits per heavy atom. The average molecular weight is 251 g/mol. The van der Waals surface area contributed by atoms with Crippen molar-refractivity contribution in [2.45, 2.75) is 6.54 Å². The van der Waals surface area contributed by atoms with Crippen LogP contribution in [0.15, 0.2) is 30.6 Å². The van der Waals surface area contributed by atoms with Crippen LogP contribution in [-0.2, 0) is 6.54 Å². The van der Waals surface area contributed by atoms with Crippen molar-refractivity contribution >= 4 is 0 Å². The molecule has 0 saturated heterocycles. The van der Waals surface area contributed by atoms with Gasteiger partial charge < -0.3 is 4.90 Å². The molecule has 0 radical (unpaired) electrons. The molecule has 0 bridgehead atoms. The van der Waals surface area contributed by atoms with Gasteiger partial charge in [0, 0.05) is 18.3 Å². The molecule has 0 amide bonds. The van der Waals surface area contributed by atoms with Crippen LogP contribution in [0.25, 0.3) is 11.1 Å². The lowest BCUT2D eigenvalue weighted by atomic mass is 10.1. The summed E-state index contributed by atoms with van der Waals surface area (Å²) in [4.78, 5) is 2.05. The molecule has 0 spiro atoms. The highest BCUT2D eigenvalue weighted by Crippen LogP contribution is 2.20. The van der Waals surface area contributed by atoms with Gasteiger partial charge in [-0.25, -0.2) is 8.78 Å². The van der Waals surface area contributed by atoms with Gasteiger partial charge in [-0.3, -0.25) is 4.68 Å². The number of nitrogens with zero attached hydrogens (tertiary/aromatic N) is 3. The maximum Gasteiger partial charge on any atom is 0.159 e. The van der Waals surface area contributed by atoms with Gasteiger partial charge in [-0.2, -0.15) is 5.10 Å². The fraction of sp³-hybridized carbons (Fsp3) is 0.308. The van der Waals surface area contributed by atoms with E-state index in [1.165, 1.54) is 6.07 Å². The first-order valence-electron chi connectivity index (χ1n) is 5.69. The van der Waals surface area contributed by atoms with Gasteiger partial charge in [0.25, 0.3) is 0 Å². The van der Waals surface area contributed by atoms with E-state index in [1.54, 1.807) is 16.9 Å². The van der Waals surface area contributed by atoms with Gasteiger partial charge in [-0.1, -0.05) is 6.07 Å². The van der Waals surface area contributed by atoms with Gasteiger partial charge in [0.1, 0.15) is 0 Å². The quantitative estimate of drug-likeness (QED) is 0.832. The molecule has 0 atom stereocenters. The summed E-state index contributed by atoms with van der Waals surface area (Å²) >= 11 is 0. The minimum absolute atomic E-state index is 0.630. The van der Waals surface area contributed by atoms with Crippen LogP contribution in [-0.4, -0.2) is 35.3 Å². The van der Waals surface area contributed by atoms with Crippen LogP contribution < -0.4 is 0 Å². The molecule has 2 rings (SSSR count). The number of hydrogen-bond acceptors (Lipinski definition) is 2. The summed E-state index contributed by atoms with van der Waals surface area (Å²) in [6.45, 7) is 1.63. The highest BCUT2D eigenvalue weighted by molar-refractivity contribution is 5.61. The van der Waals surface area contributed by atoms with Gasteiger partial charge in [-0.15, -0.1) is 0 Å². The SMILES string of the molecule is CN(C)CCn1cc(-c2ccc(F)c(F)c2)cn1. The zero-order chi connectivity index (χ0) is 13.1. The van der Waals surface area contributed by atoms with Crippen LogP contribution in [0.4, 0.5) is 8.78 Å². The molecule has 0 unspecified atom stereocenters. The molecule has 0 fully saturated rings. The van der Waals surface area contributed by atoms with Gasteiger partial charge in [0.2, 0.25) is 0 Å². The van der Waals surface area contributed by atoms with E-state index >= 15 is 0 Å². The summed E-state index contributed by atoms with van der Waals surface area (Å²) < 4.78 is 27.7. The minimum atomic E-state index is -0.839. The highest BCUT2D eigenvalue weighted by Gasteiger charge is 2.06. The monoisotopic (exact) mass is 251 g/mol. The van der Waals surface area contributed by atoms with Gasteiger partial charge >= 0.3 is 0 Å². The first-order chi connectivity index (χ1) is 8.56. The highest BCUT2D eigenvalue weighted by atomic mass is 19.2. The Hall–Kier alpha value is -1.75. The average Bonchev–Trinajstić information content (AvgIpc) is 2.79. The smallest absolute Gasteiger partial charge is 0.159 e. The molecule has 1 heterocycles. The first kappa shape index (κ1) is 12.7. The maximum absolute atomic E-state index is 13.1. The molecular formula is C13H15F2N3. The summed E-state index contributed by atoms with van der Waals surface area (Å²) in [5.41, 5.74) is 1.41. The van der Waals surface area contributed by atoms with Crippen LogP contribution >= 0.6 is 0 Å². The van der Waals surface area contributed by atoms with E-state index in [9.17, 15) is 8.78 Å². The standard InChI is InChI=1S/C13H15F2N3/c1-17(2)5-6-18-9-11(8-16-18)10-3-4-12(14)13(15)7-10/h3-4,7-9H,5-6H2,1-2H3. The second kappa shape index (κ2) is 5.27. The number of halogens is 2. The van der Waals surface area contributed by atoms with E-state index in [4.69, 9.17) is 0 Å². The van der Waals surface area contributed by atoms with Crippen LogP contribution in [0.1, 0.15) is 0 Å². The predicted molar refractivity (Wildman–Crippen MR) is 66.1 cm³/mol. The Balaban J connectivity index is 2.16. The Labute approximate surface area is 105 Å². The Morgan fingerprint density at radius 1 is 1.17 bits per heavy atom. The zero-order valence-electron chi connectivity index (χ0n) is 10.4. The van der Waals surface area contributed by atoms with Crippen molar-refractivity contribution in [2.24, 2.45) is 0 Å². The predicted octanol–water partition coefficient (Wildman–Crippen LogP) is 2.39. The number of hydrogen-bond donors (Lipinski definition) is 0. The summed E-state index contributed by atoms with van der Waals surface area (Å²) in [5, 5.41) is 4.19. The lowest BCUT2D eigenvalue weighted by Crippen LogP contribution is -2.18. The van der Waals surface area contributed by atoms with Crippen molar-refractivity contribution in [1.82, 2.24) is 14.7 Å². The van der Waals surface area contributed by atoms with Gasteiger partial charge in [0.05, 0.1) is 12.7 Å². The zero-order valence-corrected chi connectivity index (χ0v) is 10.4. The molecule has 0 saturated carbocycles. The van der Waals surface area contributed by atoms with Crippen LogP contribution in [0.2, 0.25) is 0 Å². The third kappa shape index (κ3) is 2.92. The largest absolute Gasteiger partial charge is 0.308 e. The van der Waals surface area contributed by atoms with E-state index in [-0.39, 0.29) is 0 Å². The molecule has 5 heteroatoms. The molecule has 0 aliphatic carbocycles. The van der Waals surface area contributed by atoms with Gasteiger partial charge in [0.15, 0.2) is 11.6 Å². The first-order valence-corrected chi connectivity index (χ1v) is 5.69. The fourth-order valence-electron chi connectivity index (χ4n) is 1.61. The third-order valence-electron chi connectivity index (χ3n) is 2.66. The van der Waals surface area contributed by atoms with Crippen molar-refractivity contribution in [3.05, 3.63) is 42.2 Å².